The normalized spacial score (nSPS) is 10.9. The van der Waals surface area contributed by atoms with Gasteiger partial charge in [-0.05, 0) is 126 Å². The molecule has 0 unspecified atom stereocenters. The average molecular weight is 1030 g/mol. The van der Waals surface area contributed by atoms with Crippen LogP contribution in [0.3, 0.4) is 0 Å². The van der Waals surface area contributed by atoms with Crippen LogP contribution < -0.4 is 0 Å². The molecule has 3 aromatic heterocycles. The first kappa shape index (κ1) is 45.5. The number of aryl methyl sites for hydroxylation is 9. The summed E-state index contributed by atoms with van der Waals surface area (Å²) in [7, 11) is 0. The van der Waals surface area contributed by atoms with Gasteiger partial charge in [0, 0.05) is 18.6 Å². The van der Waals surface area contributed by atoms with Gasteiger partial charge in [0.25, 0.3) is 0 Å². The van der Waals surface area contributed by atoms with Gasteiger partial charge in [-0.25, -0.2) is 0 Å². The number of rotatable bonds is 12. The number of aromatic nitrogens is 3. The Kier molecular flexibility index (Phi) is 14.0. The summed E-state index contributed by atoms with van der Waals surface area (Å²) in [6, 6.07) is 62.7. The van der Waals surface area contributed by atoms with E-state index in [1.165, 1.54) is 27.8 Å². The van der Waals surface area contributed by atoms with Crippen molar-refractivity contribution in [1.29, 1.82) is 5.26 Å². The monoisotopic (exact) mass is 1030 g/mol. The molecule has 0 spiro atoms. The molecule has 5 heteroatoms. The van der Waals surface area contributed by atoms with E-state index in [2.05, 4.69) is 195 Å². The second kappa shape index (κ2) is 20.4. The summed E-state index contributed by atoms with van der Waals surface area (Å²) < 4.78 is 0. The van der Waals surface area contributed by atoms with Crippen molar-refractivity contribution in [3.8, 4) is 73.2 Å². The van der Waals surface area contributed by atoms with Crippen LogP contribution in [0.5, 0.6) is 0 Å². The van der Waals surface area contributed by atoms with Crippen LogP contribution in [0.1, 0.15) is 55.6 Å². The molecule has 0 radical (unpaired) electrons. The van der Waals surface area contributed by atoms with Gasteiger partial charge in [-0.1, -0.05) is 114 Å². The second-order valence-electron chi connectivity index (χ2n) is 17.2. The summed E-state index contributed by atoms with van der Waals surface area (Å²) in [4.78, 5) is 14.0. The fourth-order valence-electron chi connectivity index (χ4n) is 8.49. The van der Waals surface area contributed by atoms with Crippen LogP contribution in [0, 0.1) is 64.1 Å². The van der Waals surface area contributed by atoms with Gasteiger partial charge in [-0.3, -0.25) is 0 Å². The number of hydrogen-bond donors (Lipinski definition) is 0. The predicted molar refractivity (Wildman–Crippen MR) is 265 cm³/mol. The van der Waals surface area contributed by atoms with E-state index in [-0.39, 0.29) is 20.1 Å². The Balaban J connectivity index is 0.00000592. The summed E-state index contributed by atoms with van der Waals surface area (Å²) in [5.74, 6) is 0. The molecule has 0 bridgehead atoms. The fraction of sp³-hybridized carbons (Fsp3) is 0.148. The smallest absolute Gasteiger partial charge is 0.304 e. The van der Waals surface area contributed by atoms with Crippen LogP contribution in [0.15, 0.2) is 158 Å². The van der Waals surface area contributed by atoms with Gasteiger partial charge in [0.1, 0.15) is 0 Å². The van der Waals surface area contributed by atoms with E-state index in [1.54, 1.807) is 0 Å². The third-order valence-electron chi connectivity index (χ3n) is 12.2. The standard InChI is InChI=1S/C61H49N4.Ir/c1-40-10-27-59(63-37-40)49-21-17-45(18-22-49)13-15-47-32-48(16-14-46-19-23-50(24-20-46)60-28-11-41(2)38-64-60)34-52(33-47)54-8-6-7-9-55(54)56-26-25-51(61-29-12-42(3)39-65-61)35-58(56)57-31-43(4)53(36-62)30-44(57)5;/h6-12,17-21,23,26-35,37-39H,13-16H2,1-5H3;/q-3;+3. The molecule has 9 rings (SSSR count). The molecule has 0 aliphatic carbocycles. The van der Waals surface area contributed by atoms with Crippen LogP contribution in [-0.4, -0.2) is 15.0 Å². The van der Waals surface area contributed by atoms with Crippen molar-refractivity contribution in [2.75, 3.05) is 0 Å². The molecule has 0 fully saturated rings. The molecule has 0 aliphatic rings. The van der Waals surface area contributed by atoms with E-state index in [1.807, 2.05) is 31.6 Å². The predicted octanol–water partition coefficient (Wildman–Crippen LogP) is 14.3. The van der Waals surface area contributed by atoms with Gasteiger partial charge in [0.15, 0.2) is 0 Å². The topological polar surface area (TPSA) is 62.5 Å². The molecule has 0 saturated heterocycles. The summed E-state index contributed by atoms with van der Waals surface area (Å²) in [6.07, 6.45) is 9.25. The van der Waals surface area contributed by atoms with Crippen molar-refractivity contribution in [1.82, 2.24) is 15.0 Å². The number of benzene rings is 6. The molecule has 3 heterocycles. The first-order chi connectivity index (χ1) is 31.7. The first-order valence-corrected chi connectivity index (χ1v) is 22.3. The Morgan fingerprint density at radius 2 is 0.924 bits per heavy atom. The number of nitriles is 1. The van der Waals surface area contributed by atoms with Gasteiger partial charge in [-0.2, -0.15) is 5.26 Å². The summed E-state index contributed by atoms with van der Waals surface area (Å²) in [6.45, 7) is 10.3. The van der Waals surface area contributed by atoms with Crippen molar-refractivity contribution in [3.63, 3.8) is 0 Å². The van der Waals surface area contributed by atoms with Crippen molar-refractivity contribution in [2.24, 2.45) is 0 Å². The molecule has 0 aliphatic heterocycles. The number of hydrogen-bond acceptors (Lipinski definition) is 4. The van der Waals surface area contributed by atoms with Gasteiger partial charge >= 0.3 is 20.1 Å². The maximum Gasteiger partial charge on any atom is 3.00 e. The SMILES string of the molecule is Cc1ccc(-c2[c-]cc(CCc3cc(CCc4c[c-]c(-c5ccc(C)cn5)cc4)cc(-c4ccccc4-c4c[c-]c(-c5ccc(C)cn5)cc4-c4cc(C)c(C#N)cc4C)c3)cc2)nc1.[Ir+3]. The number of nitrogens with zero attached hydrogens (tertiary/aromatic N) is 4. The van der Waals surface area contributed by atoms with Crippen molar-refractivity contribution in [2.45, 2.75) is 60.3 Å². The minimum Gasteiger partial charge on any atom is -0.304 e. The molecule has 0 amide bonds. The zero-order chi connectivity index (χ0) is 44.9. The zero-order valence-corrected chi connectivity index (χ0v) is 40.4. The molecule has 0 saturated carbocycles. The van der Waals surface area contributed by atoms with Crippen molar-refractivity contribution >= 4 is 0 Å². The first-order valence-electron chi connectivity index (χ1n) is 22.3. The quantitative estimate of drug-likeness (QED) is 0.114. The largest absolute Gasteiger partial charge is 3.00 e. The van der Waals surface area contributed by atoms with Gasteiger partial charge < -0.3 is 15.0 Å². The molecular weight excluding hydrogens is 981 g/mol. The molecule has 0 N–H and O–H groups in total. The second-order valence-corrected chi connectivity index (χ2v) is 17.2. The molecule has 6 aromatic carbocycles. The Hall–Kier alpha value is -7.09. The van der Waals surface area contributed by atoms with E-state index in [9.17, 15) is 5.26 Å². The molecule has 0 atom stereocenters. The van der Waals surface area contributed by atoms with Crippen molar-refractivity contribution < 1.29 is 20.1 Å². The molecular formula is C61H49IrN4. The van der Waals surface area contributed by atoms with E-state index in [0.29, 0.717) is 5.56 Å². The van der Waals surface area contributed by atoms with E-state index in [4.69, 9.17) is 4.98 Å². The summed E-state index contributed by atoms with van der Waals surface area (Å²) >= 11 is 0. The third-order valence-corrected chi connectivity index (χ3v) is 12.2. The molecule has 4 nitrogen and oxygen atoms in total. The fourth-order valence-corrected chi connectivity index (χ4v) is 8.49. The molecule has 66 heavy (non-hydrogen) atoms. The zero-order valence-electron chi connectivity index (χ0n) is 38.0. The maximum atomic E-state index is 9.92. The Morgan fingerprint density at radius 3 is 1.41 bits per heavy atom. The van der Waals surface area contributed by atoms with Crippen LogP contribution in [0.25, 0.3) is 67.2 Å². The van der Waals surface area contributed by atoms with Gasteiger partial charge in [0.2, 0.25) is 0 Å². The average Bonchev–Trinajstić information content (AvgIpc) is 3.34. The number of pyridine rings is 3. The third kappa shape index (κ3) is 10.4. The Bertz CT molecular complexity index is 3050. The minimum absolute atomic E-state index is 0. The Morgan fingerprint density at radius 1 is 0.424 bits per heavy atom. The van der Waals surface area contributed by atoms with Crippen LogP contribution >= 0.6 is 0 Å². The van der Waals surface area contributed by atoms with E-state index < -0.39 is 0 Å². The summed E-state index contributed by atoms with van der Waals surface area (Å²) in [5, 5.41) is 9.92. The van der Waals surface area contributed by atoms with Crippen LogP contribution in [0.2, 0.25) is 0 Å². The van der Waals surface area contributed by atoms with Gasteiger partial charge in [0.05, 0.1) is 11.6 Å². The molecule has 9 aromatic rings. The Labute approximate surface area is 403 Å². The van der Waals surface area contributed by atoms with Gasteiger partial charge in [-0.15, -0.1) is 94.5 Å². The molecule has 322 valence electrons. The van der Waals surface area contributed by atoms with E-state index >= 15 is 0 Å². The van der Waals surface area contributed by atoms with E-state index in [0.717, 1.165) is 115 Å². The van der Waals surface area contributed by atoms with Crippen LogP contribution in [0.4, 0.5) is 0 Å². The van der Waals surface area contributed by atoms with Crippen LogP contribution in [-0.2, 0) is 45.8 Å². The van der Waals surface area contributed by atoms with Crippen molar-refractivity contribution in [3.05, 3.63) is 232 Å². The maximum absolute atomic E-state index is 9.92. The summed E-state index contributed by atoms with van der Waals surface area (Å²) in [5.41, 5.74) is 23.5. The minimum atomic E-state index is 0.